The Kier molecular flexibility index (Phi) is 5.11. The summed E-state index contributed by atoms with van der Waals surface area (Å²) >= 11 is 9.39. The Morgan fingerprint density at radius 2 is 2.00 bits per heavy atom. The van der Waals surface area contributed by atoms with Gasteiger partial charge in [-0.2, -0.15) is 0 Å². The summed E-state index contributed by atoms with van der Waals surface area (Å²) in [7, 11) is 0. The average molecular weight is 447 g/mol. The molecule has 4 heterocycles. The quantitative estimate of drug-likeness (QED) is 0.656. The van der Waals surface area contributed by atoms with Crippen LogP contribution in [0, 0.1) is 0 Å². The summed E-state index contributed by atoms with van der Waals surface area (Å²) in [6.45, 7) is 2.49. The summed E-state index contributed by atoms with van der Waals surface area (Å²) in [6.07, 6.45) is 3.91. The molecule has 0 bridgehead atoms. The fourth-order valence-electron chi connectivity index (χ4n) is 4.02. The number of likely N-dealkylation sites (tertiary alicyclic amines) is 1. The molecule has 29 heavy (non-hydrogen) atoms. The lowest BCUT2D eigenvalue weighted by atomic mass is 10.1. The largest absolute Gasteiger partial charge is 0.322 e. The standard InChI is InChI=1S/C20H19ClN4O2S2/c21-13-6-2-1-5-12(13)14(24-7-3-4-8-24)9-25-11-22-16-17-20(28-10-15(26)23-17)29-18(16)19(25)27/h1-2,5-6,11,14H,3-4,7-10H2,(H,23,26)/t14-/m1/s1. The van der Waals surface area contributed by atoms with Gasteiger partial charge in [0.1, 0.15) is 10.2 Å². The monoisotopic (exact) mass is 446 g/mol. The zero-order valence-electron chi connectivity index (χ0n) is 15.6. The fraction of sp³-hybridized carbons (Fsp3) is 0.350. The van der Waals surface area contributed by atoms with Crippen molar-refractivity contribution >= 4 is 56.5 Å². The van der Waals surface area contributed by atoms with Crippen LogP contribution in [-0.4, -0.2) is 39.2 Å². The maximum absolute atomic E-state index is 13.3. The molecule has 2 aliphatic heterocycles. The molecule has 150 valence electrons. The van der Waals surface area contributed by atoms with Crippen molar-refractivity contribution in [1.82, 2.24) is 14.5 Å². The molecule has 2 aliphatic rings. The Bertz CT molecular complexity index is 1150. The molecule has 1 aromatic carbocycles. The number of anilines is 1. The zero-order valence-corrected chi connectivity index (χ0v) is 17.9. The van der Waals surface area contributed by atoms with Crippen LogP contribution in [0.5, 0.6) is 0 Å². The van der Waals surface area contributed by atoms with Crippen molar-refractivity contribution in [2.24, 2.45) is 0 Å². The van der Waals surface area contributed by atoms with E-state index in [0.717, 1.165) is 40.7 Å². The Labute approximate surface area is 180 Å². The van der Waals surface area contributed by atoms with Gasteiger partial charge in [0.05, 0.1) is 28.0 Å². The van der Waals surface area contributed by atoms with Gasteiger partial charge in [-0.15, -0.1) is 23.1 Å². The van der Waals surface area contributed by atoms with E-state index in [0.29, 0.717) is 28.2 Å². The second kappa shape index (κ2) is 7.75. The summed E-state index contributed by atoms with van der Waals surface area (Å²) in [6, 6.07) is 7.87. The van der Waals surface area contributed by atoms with E-state index in [1.54, 1.807) is 10.9 Å². The summed E-state index contributed by atoms with van der Waals surface area (Å²) in [5.41, 5.74) is 2.23. The number of thiophene rings is 1. The molecular formula is C20H19ClN4O2S2. The van der Waals surface area contributed by atoms with E-state index in [1.165, 1.54) is 23.1 Å². The van der Waals surface area contributed by atoms with Gasteiger partial charge in [0.25, 0.3) is 5.56 Å². The highest BCUT2D eigenvalue weighted by Crippen LogP contribution is 2.42. The van der Waals surface area contributed by atoms with Crippen LogP contribution in [0.1, 0.15) is 24.4 Å². The maximum Gasteiger partial charge on any atom is 0.271 e. The van der Waals surface area contributed by atoms with Gasteiger partial charge in [0.2, 0.25) is 5.91 Å². The Balaban J connectivity index is 1.55. The third kappa shape index (κ3) is 3.48. The fourth-order valence-corrected chi connectivity index (χ4v) is 6.47. The second-order valence-electron chi connectivity index (χ2n) is 7.26. The van der Waals surface area contributed by atoms with Gasteiger partial charge in [-0.1, -0.05) is 29.8 Å². The maximum atomic E-state index is 13.3. The second-order valence-corrected chi connectivity index (χ2v) is 9.93. The molecular weight excluding hydrogens is 428 g/mol. The molecule has 1 amide bonds. The van der Waals surface area contributed by atoms with Gasteiger partial charge in [0, 0.05) is 11.6 Å². The minimum Gasteiger partial charge on any atom is -0.322 e. The minimum absolute atomic E-state index is 0.0202. The first-order valence-electron chi connectivity index (χ1n) is 9.55. The van der Waals surface area contributed by atoms with E-state index in [9.17, 15) is 9.59 Å². The molecule has 0 aliphatic carbocycles. The lowest BCUT2D eigenvalue weighted by Crippen LogP contribution is -2.33. The van der Waals surface area contributed by atoms with Crippen LogP contribution in [-0.2, 0) is 11.3 Å². The topological polar surface area (TPSA) is 67.2 Å². The molecule has 0 unspecified atom stereocenters. The lowest BCUT2D eigenvalue weighted by Gasteiger charge is -2.29. The van der Waals surface area contributed by atoms with Crippen LogP contribution in [0.2, 0.25) is 5.02 Å². The number of benzene rings is 1. The molecule has 1 fully saturated rings. The molecule has 0 spiro atoms. The number of fused-ring (bicyclic) bond motifs is 3. The van der Waals surface area contributed by atoms with Gasteiger partial charge in [-0.25, -0.2) is 4.98 Å². The minimum atomic E-state index is -0.0690. The highest BCUT2D eigenvalue weighted by Gasteiger charge is 2.28. The van der Waals surface area contributed by atoms with Gasteiger partial charge in [-0.3, -0.25) is 19.1 Å². The number of nitrogens with one attached hydrogen (secondary N) is 1. The van der Waals surface area contributed by atoms with Crippen molar-refractivity contribution < 1.29 is 4.79 Å². The first kappa shape index (κ1) is 19.1. The lowest BCUT2D eigenvalue weighted by molar-refractivity contribution is -0.113. The number of hydrogen-bond donors (Lipinski definition) is 1. The molecule has 1 atom stereocenters. The van der Waals surface area contributed by atoms with Crippen molar-refractivity contribution in [3.05, 3.63) is 51.5 Å². The van der Waals surface area contributed by atoms with Crippen LogP contribution < -0.4 is 10.9 Å². The molecule has 1 N–H and O–H groups in total. The van der Waals surface area contributed by atoms with Crippen molar-refractivity contribution in [2.45, 2.75) is 29.6 Å². The van der Waals surface area contributed by atoms with Gasteiger partial charge in [0.15, 0.2) is 0 Å². The molecule has 0 radical (unpaired) electrons. The van der Waals surface area contributed by atoms with Gasteiger partial charge in [-0.05, 0) is 37.6 Å². The Morgan fingerprint density at radius 3 is 2.79 bits per heavy atom. The van der Waals surface area contributed by atoms with Crippen LogP contribution in [0.15, 0.2) is 39.6 Å². The zero-order chi connectivity index (χ0) is 20.0. The highest BCUT2D eigenvalue weighted by molar-refractivity contribution is 8.02. The molecule has 3 aromatic rings. The van der Waals surface area contributed by atoms with Gasteiger partial charge >= 0.3 is 0 Å². The van der Waals surface area contributed by atoms with Crippen LogP contribution in [0.4, 0.5) is 5.69 Å². The number of nitrogens with zero attached hydrogens (tertiary/aromatic N) is 3. The Hall–Kier alpha value is -1.87. The Morgan fingerprint density at radius 1 is 1.21 bits per heavy atom. The summed E-state index contributed by atoms with van der Waals surface area (Å²) in [5, 5.41) is 3.58. The summed E-state index contributed by atoms with van der Waals surface area (Å²) in [4.78, 5) is 31.9. The number of carbonyl (C=O) groups is 1. The summed E-state index contributed by atoms with van der Waals surface area (Å²) < 4.78 is 3.22. The third-order valence-electron chi connectivity index (χ3n) is 5.45. The van der Waals surface area contributed by atoms with Crippen LogP contribution >= 0.6 is 34.7 Å². The summed E-state index contributed by atoms with van der Waals surface area (Å²) in [5.74, 6) is 0.318. The number of halogens is 1. The molecule has 6 nitrogen and oxygen atoms in total. The van der Waals surface area contributed by atoms with Crippen LogP contribution in [0.3, 0.4) is 0 Å². The number of aromatic nitrogens is 2. The van der Waals surface area contributed by atoms with E-state index in [-0.39, 0.29) is 17.5 Å². The van der Waals surface area contributed by atoms with Crippen molar-refractivity contribution in [2.75, 3.05) is 24.2 Å². The molecule has 0 saturated carbocycles. The van der Waals surface area contributed by atoms with Crippen molar-refractivity contribution in [1.29, 1.82) is 0 Å². The molecule has 2 aromatic heterocycles. The SMILES string of the molecule is O=C1CSc2sc3c(=O)n(C[C@H](c4ccccc4Cl)N4CCCC4)cnc3c2N1. The van der Waals surface area contributed by atoms with Crippen molar-refractivity contribution in [3.63, 3.8) is 0 Å². The number of hydrogen-bond acceptors (Lipinski definition) is 6. The average Bonchev–Trinajstić information content (AvgIpc) is 3.37. The first-order chi connectivity index (χ1) is 14.1. The number of carbonyl (C=O) groups excluding carboxylic acids is 1. The smallest absolute Gasteiger partial charge is 0.271 e. The third-order valence-corrected chi connectivity index (χ3v) is 8.23. The number of amides is 1. The molecule has 5 rings (SSSR count). The predicted molar refractivity (Wildman–Crippen MR) is 118 cm³/mol. The number of thioether (sulfide) groups is 1. The van der Waals surface area contributed by atoms with E-state index in [4.69, 9.17) is 11.6 Å². The van der Waals surface area contributed by atoms with E-state index >= 15 is 0 Å². The van der Waals surface area contributed by atoms with Gasteiger partial charge < -0.3 is 5.32 Å². The first-order valence-corrected chi connectivity index (χ1v) is 11.7. The van der Waals surface area contributed by atoms with Crippen LogP contribution in [0.25, 0.3) is 10.2 Å². The molecule has 9 heteroatoms. The van der Waals surface area contributed by atoms with Crippen molar-refractivity contribution in [3.8, 4) is 0 Å². The highest BCUT2D eigenvalue weighted by atomic mass is 35.5. The van der Waals surface area contributed by atoms with E-state index < -0.39 is 0 Å². The number of rotatable bonds is 4. The normalized spacial score (nSPS) is 18.0. The van der Waals surface area contributed by atoms with E-state index in [1.807, 2.05) is 24.3 Å². The molecule has 1 saturated heterocycles. The van der Waals surface area contributed by atoms with E-state index in [2.05, 4.69) is 15.2 Å². The predicted octanol–water partition coefficient (Wildman–Crippen LogP) is 3.99.